The van der Waals surface area contributed by atoms with Crippen molar-refractivity contribution in [2.24, 2.45) is 11.1 Å². The van der Waals surface area contributed by atoms with E-state index in [0.717, 1.165) is 18.3 Å². The Morgan fingerprint density at radius 1 is 1.37 bits per heavy atom. The second-order valence-electron chi connectivity index (χ2n) is 5.22. The van der Waals surface area contributed by atoms with Crippen LogP contribution < -0.4 is 10.5 Å². The summed E-state index contributed by atoms with van der Waals surface area (Å²) in [5.41, 5.74) is 0. The van der Waals surface area contributed by atoms with Crippen LogP contribution in [0.2, 0.25) is 0 Å². The van der Waals surface area contributed by atoms with E-state index in [0.29, 0.717) is 12.8 Å². The zero-order chi connectivity index (χ0) is 14.4. The standard InChI is InChI=1S/C10H20N2O4S3/c1-3-12-8-4-6(2)18(13,14)10-7(8)5-9(17-10)19(11,15)16/h6-10,12H,3-5H2,1-2H3,(H2,11,15,16)/t6-,7-,8+,9-,10+/m1/s1. The second kappa shape index (κ2) is 5.18. The molecule has 2 aliphatic rings. The fourth-order valence-corrected chi connectivity index (χ4v) is 9.05. The number of sulfonamides is 1. The zero-order valence-corrected chi connectivity index (χ0v) is 13.4. The number of hydrogen-bond acceptors (Lipinski definition) is 6. The maximum Gasteiger partial charge on any atom is 0.221 e. The molecule has 5 atom stereocenters. The molecule has 0 aliphatic carbocycles. The molecule has 2 heterocycles. The van der Waals surface area contributed by atoms with Crippen molar-refractivity contribution in [1.82, 2.24) is 5.32 Å². The Labute approximate surface area is 118 Å². The van der Waals surface area contributed by atoms with E-state index in [9.17, 15) is 16.8 Å². The lowest BCUT2D eigenvalue weighted by molar-refractivity contribution is 0.331. The molecule has 0 aromatic heterocycles. The fourth-order valence-electron chi connectivity index (χ4n) is 2.92. The lowest BCUT2D eigenvalue weighted by Gasteiger charge is -2.36. The molecule has 0 aromatic rings. The largest absolute Gasteiger partial charge is 0.314 e. The lowest BCUT2D eigenvalue weighted by atomic mass is 9.94. The normalized spacial score (nSPS) is 41.9. The summed E-state index contributed by atoms with van der Waals surface area (Å²) in [6.45, 7) is 4.40. The number of hydrogen-bond donors (Lipinski definition) is 2. The van der Waals surface area contributed by atoms with Crippen molar-refractivity contribution >= 4 is 31.6 Å². The summed E-state index contributed by atoms with van der Waals surface area (Å²) in [5, 5.41) is 8.02. The van der Waals surface area contributed by atoms with Gasteiger partial charge in [-0.15, -0.1) is 11.8 Å². The maximum absolute atomic E-state index is 12.3. The Morgan fingerprint density at radius 2 is 2.00 bits per heavy atom. The van der Waals surface area contributed by atoms with Crippen molar-refractivity contribution in [2.75, 3.05) is 6.54 Å². The molecule has 0 bridgehead atoms. The quantitative estimate of drug-likeness (QED) is 0.747. The third-order valence-corrected chi connectivity index (χ3v) is 10.5. The van der Waals surface area contributed by atoms with Gasteiger partial charge in [0.15, 0.2) is 9.84 Å². The van der Waals surface area contributed by atoms with Crippen molar-refractivity contribution in [1.29, 1.82) is 0 Å². The first-order chi connectivity index (χ1) is 8.67. The molecule has 0 unspecified atom stereocenters. The molecular formula is C10H20N2O4S3. The van der Waals surface area contributed by atoms with Gasteiger partial charge in [0.1, 0.15) is 9.16 Å². The van der Waals surface area contributed by atoms with Crippen LogP contribution in [0.5, 0.6) is 0 Å². The predicted octanol–water partition coefficient (Wildman–Crippen LogP) is -0.135. The maximum atomic E-state index is 12.3. The van der Waals surface area contributed by atoms with Crippen molar-refractivity contribution in [3.63, 3.8) is 0 Å². The molecule has 0 aromatic carbocycles. The summed E-state index contributed by atoms with van der Waals surface area (Å²) in [5.74, 6) is -0.172. The Bertz CT molecular complexity index is 545. The summed E-state index contributed by atoms with van der Waals surface area (Å²) in [4.78, 5) is 0. The van der Waals surface area contributed by atoms with Crippen molar-refractivity contribution in [2.45, 2.75) is 47.1 Å². The molecule has 3 N–H and O–H groups in total. The molecule has 0 amide bonds. The summed E-state index contributed by atoms with van der Waals surface area (Å²) in [7, 11) is -6.98. The van der Waals surface area contributed by atoms with Crippen LogP contribution in [0.25, 0.3) is 0 Å². The molecule has 6 nitrogen and oxygen atoms in total. The van der Waals surface area contributed by atoms with Gasteiger partial charge in [0, 0.05) is 12.0 Å². The van der Waals surface area contributed by atoms with Gasteiger partial charge < -0.3 is 5.32 Å². The molecule has 0 radical (unpaired) electrons. The summed E-state index contributed by atoms with van der Waals surface area (Å²) < 4.78 is 46.2. The van der Waals surface area contributed by atoms with Gasteiger partial charge in [0.2, 0.25) is 10.0 Å². The summed E-state index contributed by atoms with van der Waals surface area (Å²) >= 11 is 1.00. The first-order valence-corrected chi connectivity index (χ1v) is 10.5. The molecule has 0 spiro atoms. The predicted molar refractivity (Wildman–Crippen MR) is 76.8 cm³/mol. The van der Waals surface area contributed by atoms with E-state index < -0.39 is 34.3 Å². The van der Waals surface area contributed by atoms with E-state index >= 15 is 0 Å². The van der Waals surface area contributed by atoms with E-state index in [2.05, 4.69) is 5.32 Å². The molecule has 9 heteroatoms. The van der Waals surface area contributed by atoms with Crippen LogP contribution in [-0.4, -0.2) is 43.8 Å². The minimum Gasteiger partial charge on any atom is -0.314 e. The van der Waals surface area contributed by atoms with Gasteiger partial charge in [0.25, 0.3) is 0 Å². The number of primary sulfonamides is 1. The monoisotopic (exact) mass is 328 g/mol. The molecular weight excluding hydrogens is 308 g/mol. The first kappa shape index (κ1) is 15.6. The highest BCUT2D eigenvalue weighted by atomic mass is 32.3. The van der Waals surface area contributed by atoms with E-state index in [1.165, 1.54) is 0 Å². The SMILES string of the molecule is CCN[C@H]1C[C@@H](C)S(=O)(=O)[C@@H]2S[C@H](S(N)(=O)=O)C[C@H]12. The van der Waals surface area contributed by atoms with Gasteiger partial charge >= 0.3 is 0 Å². The molecule has 2 fully saturated rings. The molecule has 2 saturated heterocycles. The molecule has 2 rings (SSSR count). The Kier molecular flexibility index (Phi) is 4.24. The fraction of sp³-hybridized carbons (Fsp3) is 1.00. The minimum atomic E-state index is -3.70. The van der Waals surface area contributed by atoms with Gasteiger partial charge in [-0.25, -0.2) is 22.0 Å². The second-order valence-corrected chi connectivity index (χ2v) is 11.4. The smallest absolute Gasteiger partial charge is 0.221 e. The third kappa shape index (κ3) is 2.80. The average Bonchev–Trinajstić information content (AvgIpc) is 2.72. The molecule has 2 aliphatic heterocycles. The van der Waals surface area contributed by atoms with Crippen LogP contribution in [0, 0.1) is 5.92 Å². The Balaban J connectivity index is 2.33. The van der Waals surface area contributed by atoms with Gasteiger partial charge in [-0.1, -0.05) is 6.92 Å². The van der Waals surface area contributed by atoms with Crippen molar-refractivity contribution < 1.29 is 16.8 Å². The summed E-state index contributed by atoms with van der Waals surface area (Å²) in [6.07, 6.45) is 0.854. The van der Waals surface area contributed by atoms with Crippen LogP contribution in [0.15, 0.2) is 0 Å². The Hall–Kier alpha value is 0.170. The van der Waals surface area contributed by atoms with Crippen LogP contribution in [0.1, 0.15) is 26.7 Å². The van der Waals surface area contributed by atoms with Crippen LogP contribution in [0.3, 0.4) is 0 Å². The third-order valence-electron chi connectivity index (χ3n) is 3.92. The number of rotatable bonds is 3. The highest BCUT2D eigenvalue weighted by Gasteiger charge is 2.54. The van der Waals surface area contributed by atoms with E-state index in [1.54, 1.807) is 6.92 Å². The van der Waals surface area contributed by atoms with E-state index in [1.807, 2.05) is 6.92 Å². The average molecular weight is 328 g/mol. The summed E-state index contributed by atoms with van der Waals surface area (Å²) in [6, 6.07) is 0.0489. The van der Waals surface area contributed by atoms with Crippen LogP contribution in [0.4, 0.5) is 0 Å². The lowest BCUT2D eigenvalue weighted by Crippen LogP contribution is -2.50. The van der Waals surface area contributed by atoms with Gasteiger partial charge in [-0.2, -0.15) is 0 Å². The number of thioether (sulfide) groups is 1. The van der Waals surface area contributed by atoms with E-state index in [-0.39, 0.29) is 12.0 Å². The van der Waals surface area contributed by atoms with Gasteiger partial charge in [-0.05, 0) is 26.3 Å². The van der Waals surface area contributed by atoms with Crippen molar-refractivity contribution in [3.8, 4) is 0 Å². The van der Waals surface area contributed by atoms with Gasteiger partial charge in [-0.3, -0.25) is 0 Å². The highest BCUT2D eigenvalue weighted by molar-refractivity contribution is 8.20. The first-order valence-electron chi connectivity index (χ1n) is 6.31. The highest BCUT2D eigenvalue weighted by Crippen LogP contribution is 2.49. The van der Waals surface area contributed by atoms with Gasteiger partial charge in [0.05, 0.1) is 5.25 Å². The Morgan fingerprint density at radius 3 is 2.53 bits per heavy atom. The minimum absolute atomic E-state index is 0.0489. The number of nitrogens with two attached hydrogens (primary N) is 1. The van der Waals surface area contributed by atoms with E-state index in [4.69, 9.17) is 5.14 Å². The molecule has 19 heavy (non-hydrogen) atoms. The zero-order valence-electron chi connectivity index (χ0n) is 10.9. The topological polar surface area (TPSA) is 106 Å². The number of nitrogens with one attached hydrogen (secondary N) is 1. The number of sulfone groups is 1. The van der Waals surface area contributed by atoms with Crippen LogP contribution in [-0.2, 0) is 19.9 Å². The number of fused-ring (bicyclic) bond motifs is 1. The molecule has 0 saturated carbocycles. The van der Waals surface area contributed by atoms with Crippen molar-refractivity contribution in [3.05, 3.63) is 0 Å². The molecule has 112 valence electrons. The van der Waals surface area contributed by atoms with Crippen LogP contribution >= 0.6 is 11.8 Å².